The Morgan fingerprint density at radius 3 is 2.83 bits per heavy atom. The highest BCUT2D eigenvalue weighted by Gasteiger charge is 2.19. The lowest BCUT2D eigenvalue weighted by atomic mass is 10.2. The van der Waals surface area contributed by atoms with Gasteiger partial charge in [-0.1, -0.05) is 17.7 Å². The van der Waals surface area contributed by atoms with E-state index in [1.165, 1.54) is 0 Å². The van der Waals surface area contributed by atoms with Crippen LogP contribution in [0.3, 0.4) is 0 Å². The fraction of sp³-hybridized carbons (Fsp3) is 0.0909. The first-order valence-electron chi connectivity index (χ1n) is 5.18. The first kappa shape index (κ1) is 11.4. The van der Waals surface area contributed by atoms with Crippen LogP contribution in [-0.2, 0) is 6.54 Å². The molecular formula is C11H7Cl2N5. The van der Waals surface area contributed by atoms with E-state index in [-0.39, 0.29) is 5.28 Å². The van der Waals surface area contributed by atoms with Crippen molar-refractivity contribution in [3.63, 3.8) is 0 Å². The van der Waals surface area contributed by atoms with Crippen LogP contribution < -0.4 is 5.01 Å². The van der Waals surface area contributed by atoms with Gasteiger partial charge >= 0.3 is 0 Å². The molecule has 5 nitrogen and oxygen atoms in total. The number of hydrazone groups is 1. The number of halogens is 2. The van der Waals surface area contributed by atoms with Crippen molar-refractivity contribution in [3.05, 3.63) is 46.1 Å². The molecule has 0 saturated carbocycles. The van der Waals surface area contributed by atoms with Gasteiger partial charge in [-0.25, -0.2) is 20.0 Å². The van der Waals surface area contributed by atoms with Crippen molar-refractivity contribution in [2.24, 2.45) is 5.10 Å². The van der Waals surface area contributed by atoms with Crippen molar-refractivity contribution < 1.29 is 0 Å². The molecule has 2 aromatic heterocycles. The zero-order valence-electron chi connectivity index (χ0n) is 9.09. The van der Waals surface area contributed by atoms with Crippen LogP contribution in [0.5, 0.6) is 0 Å². The third kappa shape index (κ3) is 2.02. The molecule has 0 radical (unpaired) electrons. The average Bonchev–Trinajstić information content (AvgIpc) is 2.39. The summed E-state index contributed by atoms with van der Waals surface area (Å²) in [7, 11) is 0. The van der Waals surface area contributed by atoms with Crippen molar-refractivity contribution in [2.75, 3.05) is 5.01 Å². The van der Waals surface area contributed by atoms with Crippen molar-refractivity contribution in [2.45, 2.75) is 6.54 Å². The quantitative estimate of drug-likeness (QED) is 0.595. The fourth-order valence-electron chi connectivity index (χ4n) is 1.66. The van der Waals surface area contributed by atoms with Crippen LogP contribution in [0, 0.1) is 0 Å². The standard InChI is InChI=1S/C11H7Cl2N5/c12-10-7-5-15-18(9-3-1-2-4-14-9)6-8(7)16-11(13)17-10/h1-5H,6H2. The Balaban J connectivity index is 1.99. The number of hydrogen-bond donors (Lipinski definition) is 0. The van der Waals surface area contributed by atoms with E-state index >= 15 is 0 Å². The lowest BCUT2D eigenvalue weighted by Crippen LogP contribution is -2.23. The lowest BCUT2D eigenvalue weighted by Gasteiger charge is -2.22. The zero-order valence-corrected chi connectivity index (χ0v) is 10.6. The minimum absolute atomic E-state index is 0.134. The summed E-state index contributed by atoms with van der Waals surface area (Å²) >= 11 is 11.8. The molecule has 1 aliphatic rings. The molecule has 0 amide bonds. The van der Waals surface area contributed by atoms with Gasteiger partial charge in [0.25, 0.3) is 0 Å². The highest BCUT2D eigenvalue weighted by atomic mass is 35.5. The van der Waals surface area contributed by atoms with Crippen LogP contribution in [0.4, 0.5) is 5.82 Å². The van der Waals surface area contributed by atoms with E-state index in [0.717, 1.165) is 11.5 Å². The average molecular weight is 280 g/mol. The number of fused-ring (bicyclic) bond motifs is 1. The fourth-order valence-corrected chi connectivity index (χ4v) is 2.13. The van der Waals surface area contributed by atoms with Gasteiger partial charge in [-0.15, -0.1) is 0 Å². The number of hydrogen-bond acceptors (Lipinski definition) is 5. The Labute approximate surface area is 113 Å². The Bertz CT molecular complexity index is 614. The van der Waals surface area contributed by atoms with Crippen molar-refractivity contribution in [3.8, 4) is 0 Å². The van der Waals surface area contributed by atoms with Gasteiger partial charge in [0.1, 0.15) is 11.0 Å². The SMILES string of the molecule is Clc1nc(Cl)c2c(n1)CN(c1ccccn1)N=C2. The summed E-state index contributed by atoms with van der Waals surface area (Å²) in [6.45, 7) is 0.463. The predicted octanol–water partition coefficient (Wildman–Crippen LogP) is 2.53. The second-order valence-corrected chi connectivity index (χ2v) is 4.33. The molecule has 0 atom stereocenters. The Morgan fingerprint density at radius 1 is 1.17 bits per heavy atom. The molecule has 3 rings (SSSR count). The Hall–Kier alpha value is -1.72. The summed E-state index contributed by atoms with van der Waals surface area (Å²) in [4.78, 5) is 12.3. The molecule has 0 saturated heterocycles. The van der Waals surface area contributed by atoms with E-state index in [0.29, 0.717) is 17.3 Å². The smallest absolute Gasteiger partial charge is 0.224 e. The molecule has 0 bridgehead atoms. The minimum Gasteiger partial charge on any atom is -0.242 e. The first-order chi connectivity index (χ1) is 8.74. The van der Waals surface area contributed by atoms with E-state index in [9.17, 15) is 0 Å². The summed E-state index contributed by atoms with van der Waals surface area (Å²) in [6, 6.07) is 5.61. The molecule has 0 fully saturated rings. The molecule has 0 aliphatic carbocycles. The molecule has 2 aromatic rings. The maximum atomic E-state index is 5.98. The van der Waals surface area contributed by atoms with Crippen LogP contribution in [0.1, 0.15) is 11.3 Å². The molecule has 0 N–H and O–H groups in total. The van der Waals surface area contributed by atoms with Crippen molar-refractivity contribution >= 4 is 35.2 Å². The second kappa shape index (κ2) is 4.51. The molecule has 0 spiro atoms. The summed E-state index contributed by atoms with van der Waals surface area (Å²) in [6.07, 6.45) is 3.33. The number of aromatic nitrogens is 3. The minimum atomic E-state index is 0.134. The van der Waals surface area contributed by atoms with Crippen LogP contribution in [0.15, 0.2) is 29.5 Å². The van der Waals surface area contributed by atoms with Gasteiger partial charge in [0.15, 0.2) is 0 Å². The zero-order chi connectivity index (χ0) is 12.5. The summed E-state index contributed by atoms with van der Waals surface area (Å²) in [5, 5.41) is 6.44. The maximum Gasteiger partial charge on any atom is 0.224 e. The van der Waals surface area contributed by atoms with Gasteiger partial charge in [0.2, 0.25) is 5.28 Å². The van der Waals surface area contributed by atoms with Crippen LogP contribution in [0.25, 0.3) is 0 Å². The van der Waals surface area contributed by atoms with Gasteiger partial charge in [0.05, 0.1) is 24.0 Å². The largest absolute Gasteiger partial charge is 0.242 e. The normalized spacial score (nSPS) is 13.6. The molecule has 7 heteroatoms. The van der Waals surface area contributed by atoms with E-state index in [1.807, 2.05) is 18.2 Å². The number of anilines is 1. The first-order valence-corrected chi connectivity index (χ1v) is 5.94. The van der Waals surface area contributed by atoms with E-state index in [2.05, 4.69) is 20.1 Å². The molecule has 3 heterocycles. The summed E-state index contributed by atoms with van der Waals surface area (Å²) in [5.41, 5.74) is 1.44. The van der Waals surface area contributed by atoms with Crippen LogP contribution >= 0.6 is 23.2 Å². The van der Waals surface area contributed by atoms with E-state index in [4.69, 9.17) is 23.2 Å². The monoisotopic (exact) mass is 279 g/mol. The number of rotatable bonds is 1. The van der Waals surface area contributed by atoms with Crippen molar-refractivity contribution in [1.82, 2.24) is 15.0 Å². The third-order valence-electron chi connectivity index (χ3n) is 2.49. The highest BCUT2D eigenvalue weighted by molar-refractivity contribution is 6.33. The van der Waals surface area contributed by atoms with Gasteiger partial charge in [0, 0.05) is 6.20 Å². The van der Waals surface area contributed by atoms with Crippen LogP contribution in [0.2, 0.25) is 10.4 Å². The van der Waals surface area contributed by atoms with E-state index < -0.39 is 0 Å². The summed E-state index contributed by atoms with van der Waals surface area (Å²) in [5.74, 6) is 0.741. The maximum absolute atomic E-state index is 5.98. The van der Waals surface area contributed by atoms with Crippen LogP contribution in [-0.4, -0.2) is 21.2 Å². The number of nitrogens with zero attached hydrogens (tertiary/aromatic N) is 5. The summed E-state index contributed by atoms with van der Waals surface area (Å²) < 4.78 is 0. The van der Waals surface area contributed by atoms with Gasteiger partial charge in [-0.2, -0.15) is 5.10 Å². The number of pyridine rings is 1. The highest BCUT2D eigenvalue weighted by Crippen LogP contribution is 2.24. The Kier molecular flexibility index (Phi) is 2.85. The van der Waals surface area contributed by atoms with Gasteiger partial charge in [-0.3, -0.25) is 0 Å². The molecular weight excluding hydrogens is 273 g/mol. The molecule has 1 aliphatic heterocycles. The van der Waals surface area contributed by atoms with Gasteiger partial charge in [-0.05, 0) is 23.7 Å². The van der Waals surface area contributed by atoms with Gasteiger partial charge < -0.3 is 0 Å². The predicted molar refractivity (Wildman–Crippen MR) is 70.1 cm³/mol. The molecule has 90 valence electrons. The van der Waals surface area contributed by atoms with E-state index in [1.54, 1.807) is 17.4 Å². The Morgan fingerprint density at radius 2 is 2.06 bits per heavy atom. The molecule has 18 heavy (non-hydrogen) atoms. The topological polar surface area (TPSA) is 54.3 Å². The molecule has 0 unspecified atom stereocenters. The van der Waals surface area contributed by atoms with Crippen molar-refractivity contribution in [1.29, 1.82) is 0 Å². The lowest BCUT2D eigenvalue weighted by molar-refractivity contribution is 0.793. The third-order valence-corrected chi connectivity index (χ3v) is 2.95. The second-order valence-electron chi connectivity index (χ2n) is 3.63. The molecule has 0 aromatic carbocycles.